The Morgan fingerprint density at radius 3 is 1.71 bits per heavy atom. The first-order valence-electron chi connectivity index (χ1n) is 4.47. The molecule has 1 aliphatic rings. The quantitative estimate of drug-likeness (QED) is 0.545. The summed E-state index contributed by atoms with van der Waals surface area (Å²) in [5.41, 5.74) is 0.156. The molecule has 0 aliphatic carbocycles. The highest BCUT2D eigenvalue weighted by Crippen LogP contribution is 2.35. The summed E-state index contributed by atoms with van der Waals surface area (Å²) in [5.74, 6) is -1.55. The molecule has 1 aromatic rings. The number of hydrogen-bond acceptors (Lipinski definition) is 4. The minimum Gasteiger partial charge on any atom is -0.417 e. The van der Waals surface area contributed by atoms with Gasteiger partial charge in [-0.1, -0.05) is 46.9 Å². The van der Waals surface area contributed by atoms with E-state index in [0.717, 1.165) is 0 Å². The molecule has 1 heterocycles. The minimum absolute atomic E-state index is 0.0780. The predicted octanol–water partition coefficient (Wildman–Crippen LogP) is 2.71. The lowest BCUT2D eigenvalue weighted by Gasteiger charge is -2.21. The lowest BCUT2D eigenvalue weighted by atomic mass is 10.1. The Bertz CT molecular complexity index is 444. The number of hydrogen-bond donors (Lipinski definition) is 0. The molecule has 0 atom stereocenters. The van der Waals surface area contributed by atoms with E-state index in [1.54, 1.807) is 12.1 Å². The van der Waals surface area contributed by atoms with E-state index in [4.69, 9.17) is 44.3 Å². The third-order valence-corrected chi connectivity index (χ3v) is 2.60. The summed E-state index contributed by atoms with van der Waals surface area (Å²) in [4.78, 5) is 23.4. The Balaban J connectivity index is 2.43. The normalized spacial score (nSPS) is 16.9. The second kappa shape index (κ2) is 4.37. The number of ether oxygens (including phenoxy) is 2. The molecule has 7 heteroatoms. The van der Waals surface area contributed by atoms with Gasteiger partial charge in [0.25, 0.3) is 10.1 Å². The van der Waals surface area contributed by atoms with Crippen LogP contribution in [0, 0.1) is 0 Å². The number of fused-ring (bicyclic) bond motifs is 1. The molecule has 17 heavy (non-hydrogen) atoms. The lowest BCUT2D eigenvalue weighted by Crippen LogP contribution is -2.33. The number of benzene rings is 1. The van der Waals surface area contributed by atoms with Crippen LogP contribution in [-0.2, 0) is 9.47 Å². The third kappa shape index (κ3) is 2.49. The predicted molar refractivity (Wildman–Crippen MR) is 61.4 cm³/mol. The van der Waals surface area contributed by atoms with E-state index in [9.17, 15) is 9.59 Å². The van der Waals surface area contributed by atoms with Gasteiger partial charge in [-0.3, -0.25) is 0 Å². The van der Waals surface area contributed by atoms with E-state index in [1.807, 2.05) is 0 Å². The molecule has 0 saturated carbocycles. The summed E-state index contributed by atoms with van der Waals surface area (Å²) in [7, 11) is 0. The topological polar surface area (TPSA) is 52.6 Å². The second-order valence-electron chi connectivity index (χ2n) is 3.23. The van der Waals surface area contributed by atoms with Gasteiger partial charge in [-0.2, -0.15) is 0 Å². The Morgan fingerprint density at radius 2 is 1.35 bits per heavy atom. The van der Waals surface area contributed by atoms with Gasteiger partial charge in [-0.15, -0.1) is 0 Å². The molecule has 0 amide bonds. The molecule has 0 aromatic heterocycles. The Morgan fingerprint density at radius 1 is 0.941 bits per heavy atom. The van der Waals surface area contributed by atoms with Gasteiger partial charge in [0.1, 0.15) is 0 Å². The maximum absolute atomic E-state index is 11.7. The van der Waals surface area contributed by atoms with E-state index in [0.29, 0.717) is 0 Å². The zero-order valence-corrected chi connectivity index (χ0v) is 10.4. The maximum atomic E-state index is 11.7. The summed E-state index contributed by atoms with van der Waals surface area (Å²) in [5, 5.41) is 0. The van der Waals surface area contributed by atoms with Crippen molar-refractivity contribution in [2.75, 3.05) is 0 Å². The van der Waals surface area contributed by atoms with Crippen LogP contribution in [0.3, 0.4) is 0 Å². The zero-order chi connectivity index (χ0) is 12.6. The summed E-state index contributed by atoms with van der Waals surface area (Å²) in [6.45, 7) is 0. The first kappa shape index (κ1) is 12.5. The lowest BCUT2D eigenvalue weighted by molar-refractivity contribution is -0.0733. The van der Waals surface area contributed by atoms with Crippen LogP contribution in [0.5, 0.6) is 0 Å². The summed E-state index contributed by atoms with van der Waals surface area (Å²) in [6.07, 6.45) is -1.57. The molecule has 0 radical (unpaired) electrons. The maximum Gasteiger partial charge on any atom is 0.342 e. The number of alkyl halides is 3. The molecule has 90 valence electrons. The van der Waals surface area contributed by atoms with Gasteiger partial charge in [-0.25, -0.2) is 9.59 Å². The number of carbonyl (C=O) groups is 2. The Labute approximate surface area is 111 Å². The van der Waals surface area contributed by atoms with Gasteiger partial charge in [0, 0.05) is 0 Å². The smallest absolute Gasteiger partial charge is 0.342 e. The molecule has 0 bridgehead atoms. The fraction of sp³-hybridized carbons (Fsp3) is 0.200. The van der Waals surface area contributed by atoms with Crippen molar-refractivity contribution < 1.29 is 19.1 Å². The van der Waals surface area contributed by atoms with Crippen LogP contribution in [0.15, 0.2) is 24.3 Å². The largest absolute Gasteiger partial charge is 0.417 e. The fourth-order valence-corrected chi connectivity index (χ4v) is 1.59. The van der Waals surface area contributed by atoms with Crippen LogP contribution in [0.2, 0.25) is 0 Å². The highest BCUT2D eigenvalue weighted by molar-refractivity contribution is 6.68. The van der Waals surface area contributed by atoms with Crippen molar-refractivity contribution in [3.05, 3.63) is 35.4 Å². The van der Waals surface area contributed by atoms with E-state index in [1.165, 1.54) is 12.1 Å². The monoisotopic (exact) mass is 294 g/mol. The van der Waals surface area contributed by atoms with Gasteiger partial charge in [0.05, 0.1) is 11.1 Å². The molecule has 1 aromatic carbocycles. The minimum atomic E-state index is -2.03. The van der Waals surface area contributed by atoms with Crippen molar-refractivity contribution in [2.24, 2.45) is 0 Å². The summed E-state index contributed by atoms with van der Waals surface area (Å²) >= 11 is 16.6. The van der Waals surface area contributed by atoms with Crippen LogP contribution in [0.4, 0.5) is 0 Å². The van der Waals surface area contributed by atoms with E-state index < -0.39 is 22.0 Å². The standard InChI is InChI=1S/C10H5Cl3O4/c11-10(12,13)9-16-7(14)5-3-1-2-4-6(5)8(15)17-9/h1-4,9H. The Hall–Kier alpha value is -0.970. The molecule has 4 nitrogen and oxygen atoms in total. The van der Waals surface area contributed by atoms with Crippen LogP contribution in [0.25, 0.3) is 0 Å². The number of rotatable bonds is 0. The number of carbonyl (C=O) groups excluding carboxylic acids is 2. The first-order valence-corrected chi connectivity index (χ1v) is 5.60. The van der Waals surface area contributed by atoms with E-state index >= 15 is 0 Å². The van der Waals surface area contributed by atoms with Crippen molar-refractivity contribution in [1.29, 1.82) is 0 Å². The molecule has 0 fully saturated rings. The van der Waals surface area contributed by atoms with Crippen LogP contribution < -0.4 is 0 Å². The molecule has 0 saturated heterocycles. The van der Waals surface area contributed by atoms with Crippen molar-refractivity contribution in [3.8, 4) is 0 Å². The SMILES string of the molecule is O=C1OC(C(Cl)(Cl)Cl)OC(=O)c2ccccc21. The highest BCUT2D eigenvalue weighted by Gasteiger charge is 2.42. The second-order valence-corrected chi connectivity index (χ2v) is 5.60. The number of cyclic esters (lactones) is 2. The molecular formula is C10H5Cl3O4. The van der Waals surface area contributed by atoms with E-state index in [-0.39, 0.29) is 11.1 Å². The molecule has 0 N–H and O–H groups in total. The molecule has 2 rings (SSSR count). The molecule has 0 spiro atoms. The van der Waals surface area contributed by atoms with Crippen molar-refractivity contribution in [3.63, 3.8) is 0 Å². The molecule has 1 aliphatic heterocycles. The van der Waals surface area contributed by atoms with Gasteiger partial charge in [0.2, 0.25) is 0 Å². The fourth-order valence-electron chi connectivity index (χ4n) is 1.32. The summed E-state index contributed by atoms with van der Waals surface area (Å²) < 4.78 is 7.56. The van der Waals surface area contributed by atoms with Crippen LogP contribution >= 0.6 is 34.8 Å². The van der Waals surface area contributed by atoms with Gasteiger partial charge in [0.15, 0.2) is 0 Å². The third-order valence-electron chi connectivity index (χ3n) is 2.06. The number of halogens is 3. The Kier molecular flexibility index (Phi) is 3.21. The van der Waals surface area contributed by atoms with Crippen LogP contribution in [-0.4, -0.2) is 22.0 Å². The van der Waals surface area contributed by atoms with Gasteiger partial charge < -0.3 is 9.47 Å². The van der Waals surface area contributed by atoms with Crippen molar-refractivity contribution >= 4 is 46.7 Å². The number of esters is 2. The molecular weight excluding hydrogens is 290 g/mol. The summed E-state index contributed by atoms with van der Waals surface area (Å²) in [6, 6.07) is 6.03. The van der Waals surface area contributed by atoms with E-state index in [2.05, 4.69) is 0 Å². The first-order chi connectivity index (χ1) is 7.89. The van der Waals surface area contributed by atoms with Crippen molar-refractivity contribution in [1.82, 2.24) is 0 Å². The van der Waals surface area contributed by atoms with Crippen molar-refractivity contribution in [2.45, 2.75) is 10.1 Å². The highest BCUT2D eigenvalue weighted by atomic mass is 35.6. The van der Waals surface area contributed by atoms with Crippen LogP contribution in [0.1, 0.15) is 20.7 Å². The average molecular weight is 296 g/mol. The van der Waals surface area contributed by atoms with Gasteiger partial charge in [-0.05, 0) is 12.1 Å². The average Bonchev–Trinajstić information content (AvgIpc) is 2.38. The zero-order valence-electron chi connectivity index (χ0n) is 8.15. The molecule has 0 unspecified atom stereocenters. The van der Waals surface area contributed by atoms with Gasteiger partial charge >= 0.3 is 11.9 Å².